The number of fused-ring (bicyclic) bond motifs is 1. The minimum Gasteiger partial charge on any atom is -0.290 e. The Bertz CT molecular complexity index is 271. The summed E-state index contributed by atoms with van der Waals surface area (Å²) in [7, 11) is 0. The second-order valence-corrected chi connectivity index (χ2v) is 2.57. The van der Waals surface area contributed by atoms with Crippen molar-refractivity contribution in [1.82, 2.24) is 0 Å². The normalized spacial score (nSPS) is 29.2. The van der Waals surface area contributed by atoms with Crippen LogP contribution in [0.1, 0.15) is 6.42 Å². The van der Waals surface area contributed by atoms with Gasteiger partial charge in [-0.3, -0.25) is 9.59 Å². The van der Waals surface area contributed by atoms with Gasteiger partial charge in [-0.2, -0.15) is 0 Å². The van der Waals surface area contributed by atoms with Gasteiger partial charge >= 0.3 is 0 Å². The summed E-state index contributed by atoms with van der Waals surface area (Å²) in [6.07, 6.45) is 5.86. The highest BCUT2D eigenvalue weighted by molar-refractivity contribution is 6.46. The van der Waals surface area contributed by atoms with E-state index in [0.29, 0.717) is 12.0 Å². The van der Waals surface area contributed by atoms with Crippen LogP contribution in [0.3, 0.4) is 0 Å². The van der Waals surface area contributed by atoms with Crippen molar-refractivity contribution in [1.29, 1.82) is 0 Å². The van der Waals surface area contributed by atoms with Gasteiger partial charge in [0.25, 0.3) is 0 Å². The summed E-state index contributed by atoms with van der Waals surface area (Å²) in [5.41, 5.74) is 0.685. The number of allylic oxidation sites excluding steroid dienone is 4. The van der Waals surface area contributed by atoms with Gasteiger partial charge in [0, 0.05) is 17.9 Å². The van der Waals surface area contributed by atoms with Gasteiger partial charge in [0.2, 0.25) is 11.6 Å². The van der Waals surface area contributed by atoms with Crippen LogP contribution in [0.2, 0.25) is 0 Å². The molecule has 0 aliphatic heterocycles. The minimum absolute atomic E-state index is 0.111. The Balaban J connectivity index is 2.44. The van der Waals surface area contributed by atoms with Crippen LogP contribution in [0.4, 0.5) is 0 Å². The van der Waals surface area contributed by atoms with Gasteiger partial charge in [0.1, 0.15) is 0 Å². The van der Waals surface area contributed by atoms with Crippen molar-refractivity contribution in [2.24, 2.45) is 5.92 Å². The second-order valence-electron chi connectivity index (χ2n) is 2.57. The molecule has 0 spiro atoms. The highest BCUT2D eigenvalue weighted by Crippen LogP contribution is 2.30. The average molecular weight is 134 g/mol. The quantitative estimate of drug-likeness (QED) is 0.455. The first kappa shape index (κ1) is 5.59. The summed E-state index contributed by atoms with van der Waals surface area (Å²) >= 11 is 0. The van der Waals surface area contributed by atoms with Gasteiger partial charge < -0.3 is 0 Å². The largest absolute Gasteiger partial charge is 0.290 e. The minimum atomic E-state index is -0.282. The molecule has 2 rings (SSSR count). The van der Waals surface area contributed by atoms with Gasteiger partial charge in [-0.05, 0) is 0 Å². The summed E-state index contributed by atoms with van der Waals surface area (Å²) in [5.74, 6) is -0.407. The molecule has 2 aliphatic carbocycles. The Morgan fingerprint density at radius 2 is 2.20 bits per heavy atom. The van der Waals surface area contributed by atoms with E-state index in [4.69, 9.17) is 0 Å². The molecule has 0 saturated heterocycles. The Morgan fingerprint density at radius 1 is 1.40 bits per heavy atom. The summed E-state index contributed by atoms with van der Waals surface area (Å²) in [6.45, 7) is 0. The van der Waals surface area contributed by atoms with Gasteiger partial charge in [-0.15, -0.1) is 0 Å². The van der Waals surface area contributed by atoms with Crippen LogP contribution in [0.25, 0.3) is 0 Å². The van der Waals surface area contributed by atoms with Crippen molar-refractivity contribution in [3.05, 3.63) is 23.8 Å². The molecule has 0 radical (unpaired) electrons. The lowest BCUT2D eigenvalue weighted by Gasteiger charge is -1.93. The standard InChI is InChI=1S/C8H6O2/c9-7-4-5-2-1-3-6(5)8(7)10/h1-3,5H,4H2. The average Bonchev–Trinajstić information content (AvgIpc) is 2.41. The third-order valence-electron chi connectivity index (χ3n) is 1.94. The molecule has 2 nitrogen and oxygen atoms in total. The lowest BCUT2D eigenvalue weighted by atomic mass is 10.1. The van der Waals surface area contributed by atoms with Gasteiger partial charge in [-0.1, -0.05) is 18.2 Å². The molecule has 0 amide bonds. The molecule has 0 N–H and O–H groups in total. The zero-order chi connectivity index (χ0) is 7.14. The summed E-state index contributed by atoms with van der Waals surface area (Å²) < 4.78 is 0. The van der Waals surface area contributed by atoms with Crippen LogP contribution in [0.5, 0.6) is 0 Å². The molecule has 2 heteroatoms. The first-order valence-electron chi connectivity index (χ1n) is 3.25. The van der Waals surface area contributed by atoms with E-state index >= 15 is 0 Å². The fraction of sp³-hybridized carbons (Fsp3) is 0.250. The Morgan fingerprint density at radius 3 is 2.90 bits per heavy atom. The number of ketones is 2. The van der Waals surface area contributed by atoms with Crippen molar-refractivity contribution in [3.63, 3.8) is 0 Å². The SMILES string of the molecule is O=C1CC2C=CC=C2C1=O. The smallest absolute Gasteiger partial charge is 0.225 e. The summed E-state index contributed by atoms with van der Waals surface area (Å²) in [5, 5.41) is 0. The molecule has 0 aromatic rings. The number of carbonyl (C=O) groups is 2. The van der Waals surface area contributed by atoms with Crippen molar-refractivity contribution in [3.8, 4) is 0 Å². The predicted molar refractivity (Wildman–Crippen MR) is 35.3 cm³/mol. The highest BCUT2D eigenvalue weighted by Gasteiger charge is 2.35. The second kappa shape index (κ2) is 1.66. The summed E-state index contributed by atoms with van der Waals surface area (Å²) in [4.78, 5) is 21.7. The van der Waals surface area contributed by atoms with E-state index in [1.165, 1.54) is 0 Å². The molecule has 0 heterocycles. The molecular formula is C8H6O2. The Labute approximate surface area is 58.2 Å². The number of hydrogen-bond donors (Lipinski definition) is 0. The maximum Gasteiger partial charge on any atom is 0.225 e. The molecule has 1 saturated carbocycles. The lowest BCUT2D eigenvalue weighted by Crippen LogP contribution is -2.04. The van der Waals surface area contributed by atoms with Crippen molar-refractivity contribution in [2.45, 2.75) is 6.42 Å². The van der Waals surface area contributed by atoms with Crippen molar-refractivity contribution in [2.75, 3.05) is 0 Å². The van der Waals surface area contributed by atoms with Crippen LogP contribution in [-0.4, -0.2) is 11.6 Å². The monoisotopic (exact) mass is 134 g/mol. The van der Waals surface area contributed by atoms with E-state index in [2.05, 4.69) is 0 Å². The van der Waals surface area contributed by atoms with Crippen LogP contribution in [0.15, 0.2) is 23.8 Å². The van der Waals surface area contributed by atoms with Gasteiger partial charge in [0.05, 0.1) is 0 Å². The van der Waals surface area contributed by atoms with E-state index in [0.717, 1.165) is 0 Å². The highest BCUT2D eigenvalue weighted by atomic mass is 16.2. The molecule has 0 aromatic carbocycles. The number of carbonyl (C=O) groups excluding carboxylic acids is 2. The van der Waals surface area contributed by atoms with E-state index < -0.39 is 0 Å². The van der Waals surface area contributed by atoms with Crippen LogP contribution < -0.4 is 0 Å². The predicted octanol–water partition coefficient (Wildman–Crippen LogP) is 0.641. The topological polar surface area (TPSA) is 34.1 Å². The van der Waals surface area contributed by atoms with E-state index in [9.17, 15) is 9.59 Å². The maximum atomic E-state index is 10.9. The van der Waals surface area contributed by atoms with Crippen LogP contribution in [0, 0.1) is 5.92 Å². The fourth-order valence-electron chi connectivity index (χ4n) is 1.40. The van der Waals surface area contributed by atoms with E-state index in [1.807, 2.05) is 12.2 Å². The molecule has 0 aromatic heterocycles. The van der Waals surface area contributed by atoms with E-state index in [1.54, 1.807) is 6.08 Å². The molecule has 10 heavy (non-hydrogen) atoms. The molecule has 50 valence electrons. The molecular weight excluding hydrogens is 128 g/mol. The fourth-order valence-corrected chi connectivity index (χ4v) is 1.40. The Hall–Kier alpha value is -1.18. The first-order valence-corrected chi connectivity index (χ1v) is 3.25. The van der Waals surface area contributed by atoms with Crippen molar-refractivity contribution < 1.29 is 9.59 Å². The van der Waals surface area contributed by atoms with Crippen LogP contribution >= 0.6 is 0 Å². The molecule has 1 unspecified atom stereocenters. The zero-order valence-electron chi connectivity index (χ0n) is 5.33. The van der Waals surface area contributed by atoms with E-state index in [-0.39, 0.29) is 17.5 Å². The molecule has 1 fully saturated rings. The number of Topliss-reactive ketones (excluding diaryl/α,β-unsaturated/α-hetero) is 2. The number of rotatable bonds is 0. The zero-order valence-corrected chi connectivity index (χ0v) is 5.33. The molecule has 2 aliphatic rings. The van der Waals surface area contributed by atoms with Gasteiger partial charge in [0.15, 0.2) is 0 Å². The maximum absolute atomic E-state index is 10.9. The third-order valence-corrected chi connectivity index (χ3v) is 1.94. The molecule has 1 atom stereocenters. The third kappa shape index (κ3) is 0.533. The lowest BCUT2D eigenvalue weighted by molar-refractivity contribution is -0.132. The van der Waals surface area contributed by atoms with Crippen molar-refractivity contribution >= 4 is 11.6 Å². The summed E-state index contributed by atoms with van der Waals surface area (Å²) in [6, 6.07) is 0. The number of hydrogen-bond acceptors (Lipinski definition) is 2. The van der Waals surface area contributed by atoms with Gasteiger partial charge in [-0.25, -0.2) is 0 Å². The van der Waals surface area contributed by atoms with Crippen LogP contribution in [-0.2, 0) is 9.59 Å². The Kier molecular flexibility index (Phi) is 0.926. The first-order chi connectivity index (χ1) is 4.79. The molecule has 0 bridgehead atoms.